The van der Waals surface area contributed by atoms with E-state index < -0.39 is 17.6 Å². The Hall–Kier alpha value is -2.99. The summed E-state index contributed by atoms with van der Waals surface area (Å²) in [6.07, 6.45) is -4.37. The molecular weight excluding hydrogens is 503 g/mol. The molecule has 0 spiro atoms. The van der Waals surface area contributed by atoms with Crippen molar-refractivity contribution in [3.8, 4) is 17.2 Å². The molecule has 0 fully saturated rings. The van der Waals surface area contributed by atoms with Gasteiger partial charge in [-0.2, -0.15) is 13.2 Å². The molecule has 1 amide bonds. The summed E-state index contributed by atoms with van der Waals surface area (Å²) >= 11 is 2.48. The molecule has 35 heavy (non-hydrogen) atoms. The van der Waals surface area contributed by atoms with E-state index in [1.807, 2.05) is 20.8 Å². The van der Waals surface area contributed by atoms with Crippen LogP contribution in [-0.4, -0.2) is 35.9 Å². The van der Waals surface area contributed by atoms with Gasteiger partial charge >= 0.3 is 6.18 Å². The van der Waals surface area contributed by atoms with Crippen molar-refractivity contribution < 1.29 is 32.2 Å². The third-order valence-electron chi connectivity index (χ3n) is 4.44. The molecule has 0 radical (unpaired) electrons. The van der Waals surface area contributed by atoms with E-state index in [2.05, 4.69) is 15.5 Å². The maximum Gasteiger partial charge on any atom is 0.416 e. The second-order valence-electron chi connectivity index (χ2n) is 6.91. The van der Waals surface area contributed by atoms with E-state index in [9.17, 15) is 18.0 Å². The third-order valence-corrected chi connectivity index (χ3v) is 6.48. The highest BCUT2D eigenvalue weighted by Crippen LogP contribution is 2.39. The molecule has 0 aliphatic carbocycles. The van der Waals surface area contributed by atoms with Gasteiger partial charge in [-0.1, -0.05) is 35.2 Å². The number of carbonyl (C=O) groups excluding carboxylic acids is 1. The number of rotatable bonds is 11. The van der Waals surface area contributed by atoms with Crippen LogP contribution in [0.2, 0.25) is 0 Å². The summed E-state index contributed by atoms with van der Waals surface area (Å²) in [5, 5.41) is 11.0. The maximum absolute atomic E-state index is 12.9. The standard InChI is InChI=1S/C23H24F3N3O4S2/c1-4-31-17-11-15(12-18(32-5-2)19(17)33-6-3)20(30)27-21-28-29-22(35-21)34-13-14-7-9-16(10-8-14)23(24,25)26/h7-12H,4-6,13H2,1-3H3,(H,27,28,30). The number of thioether (sulfide) groups is 1. The number of hydrogen-bond donors (Lipinski definition) is 1. The van der Waals surface area contributed by atoms with Crippen molar-refractivity contribution in [3.05, 3.63) is 53.1 Å². The Morgan fingerprint density at radius 3 is 2.11 bits per heavy atom. The molecule has 0 bridgehead atoms. The number of nitrogens with one attached hydrogen (secondary N) is 1. The lowest BCUT2D eigenvalue weighted by Crippen LogP contribution is -2.13. The molecule has 0 unspecified atom stereocenters. The molecule has 1 heterocycles. The summed E-state index contributed by atoms with van der Waals surface area (Å²) in [4.78, 5) is 12.9. The minimum absolute atomic E-state index is 0.287. The van der Waals surface area contributed by atoms with Crippen LogP contribution in [0.15, 0.2) is 40.7 Å². The molecule has 12 heteroatoms. The number of ether oxygens (including phenoxy) is 3. The van der Waals surface area contributed by atoms with Gasteiger partial charge in [0.25, 0.3) is 5.91 Å². The van der Waals surface area contributed by atoms with Crippen molar-refractivity contribution in [2.75, 3.05) is 25.1 Å². The minimum atomic E-state index is -4.37. The Morgan fingerprint density at radius 2 is 1.57 bits per heavy atom. The molecule has 3 rings (SSSR count). The lowest BCUT2D eigenvalue weighted by Gasteiger charge is -2.16. The average molecular weight is 528 g/mol. The lowest BCUT2D eigenvalue weighted by atomic mass is 10.1. The highest BCUT2D eigenvalue weighted by molar-refractivity contribution is 8.00. The van der Waals surface area contributed by atoms with Gasteiger partial charge in [0, 0.05) is 11.3 Å². The predicted octanol–water partition coefficient (Wildman–Crippen LogP) is 6.30. The number of alkyl halides is 3. The fraction of sp³-hybridized carbons (Fsp3) is 0.348. The first-order valence-electron chi connectivity index (χ1n) is 10.7. The number of anilines is 1. The molecule has 0 saturated heterocycles. The number of aromatic nitrogens is 2. The topological polar surface area (TPSA) is 82.6 Å². The largest absolute Gasteiger partial charge is 0.490 e. The van der Waals surface area contributed by atoms with Gasteiger partial charge in [-0.25, -0.2) is 0 Å². The van der Waals surface area contributed by atoms with E-state index in [4.69, 9.17) is 14.2 Å². The van der Waals surface area contributed by atoms with Gasteiger partial charge in [-0.15, -0.1) is 10.2 Å². The first-order valence-corrected chi connectivity index (χ1v) is 12.6. The van der Waals surface area contributed by atoms with E-state index in [1.54, 1.807) is 12.1 Å². The summed E-state index contributed by atoms with van der Waals surface area (Å²) in [6, 6.07) is 8.10. The average Bonchev–Trinajstić information content (AvgIpc) is 3.27. The van der Waals surface area contributed by atoms with E-state index in [-0.39, 0.29) is 5.13 Å². The molecule has 0 atom stereocenters. The monoisotopic (exact) mass is 527 g/mol. The highest BCUT2D eigenvalue weighted by atomic mass is 32.2. The first kappa shape index (κ1) is 26.6. The second-order valence-corrected chi connectivity index (χ2v) is 9.11. The molecule has 0 saturated carbocycles. The van der Waals surface area contributed by atoms with Crippen LogP contribution in [0, 0.1) is 0 Å². The van der Waals surface area contributed by atoms with Gasteiger partial charge in [0.05, 0.1) is 25.4 Å². The van der Waals surface area contributed by atoms with E-state index in [0.29, 0.717) is 58.3 Å². The minimum Gasteiger partial charge on any atom is -0.490 e. The second kappa shape index (κ2) is 12.1. The van der Waals surface area contributed by atoms with Crippen molar-refractivity contribution in [3.63, 3.8) is 0 Å². The van der Waals surface area contributed by atoms with Crippen LogP contribution >= 0.6 is 23.1 Å². The van der Waals surface area contributed by atoms with E-state index >= 15 is 0 Å². The normalized spacial score (nSPS) is 11.3. The summed E-state index contributed by atoms with van der Waals surface area (Å²) in [5.41, 5.74) is 0.320. The molecule has 7 nitrogen and oxygen atoms in total. The molecule has 0 aliphatic heterocycles. The summed E-state index contributed by atoms with van der Waals surface area (Å²) in [5.74, 6) is 1.22. The van der Waals surface area contributed by atoms with Gasteiger partial charge in [0.2, 0.25) is 10.9 Å². The number of carbonyl (C=O) groups is 1. The Balaban J connectivity index is 1.68. The van der Waals surface area contributed by atoms with Gasteiger partial charge in [0.1, 0.15) is 0 Å². The predicted molar refractivity (Wildman–Crippen MR) is 129 cm³/mol. The number of amides is 1. The van der Waals surface area contributed by atoms with Crippen molar-refractivity contribution in [1.29, 1.82) is 0 Å². The number of nitrogens with zero attached hydrogens (tertiary/aromatic N) is 2. The fourth-order valence-corrected chi connectivity index (χ4v) is 4.65. The Morgan fingerprint density at radius 1 is 0.971 bits per heavy atom. The Kier molecular flexibility index (Phi) is 9.21. The lowest BCUT2D eigenvalue weighted by molar-refractivity contribution is -0.137. The van der Waals surface area contributed by atoms with Gasteiger partial charge in [-0.05, 0) is 50.6 Å². The van der Waals surface area contributed by atoms with Crippen LogP contribution in [0.5, 0.6) is 17.2 Å². The van der Waals surface area contributed by atoms with Crippen LogP contribution in [0.25, 0.3) is 0 Å². The molecular formula is C23H24F3N3O4S2. The van der Waals surface area contributed by atoms with Gasteiger partial charge in [-0.3, -0.25) is 10.1 Å². The van der Waals surface area contributed by atoms with Gasteiger partial charge in [0.15, 0.2) is 15.8 Å². The van der Waals surface area contributed by atoms with Crippen LogP contribution in [-0.2, 0) is 11.9 Å². The van der Waals surface area contributed by atoms with E-state index in [0.717, 1.165) is 23.5 Å². The van der Waals surface area contributed by atoms with Gasteiger partial charge < -0.3 is 14.2 Å². The van der Waals surface area contributed by atoms with Crippen LogP contribution < -0.4 is 19.5 Å². The Bertz CT molecular complexity index is 1110. The smallest absolute Gasteiger partial charge is 0.416 e. The molecule has 2 aromatic carbocycles. The zero-order chi connectivity index (χ0) is 25.4. The van der Waals surface area contributed by atoms with E-state index in [1.165, 1.54) is 23.9 Å². The quantitative estimate of drug-likeness (QED) is 0.232. The SMILES string of the molecule is CCOc1cc(C(=O)Nc2nnc(SCc3ccc(C(F)(F)F)cc3)s2)cc(OCC)c1OCC. The number of hydrogen-bond acceptors (Lipinski definition) is 8. The third kappa shape index (κ3) is 7.25. The van der Waals surface area contributed by atoms with Crippen LogP contribution in [0.4, 0.5) is 18.3 Å². The Labute approximate surface area is 209 Å². The molecule has 188 valence electrons. The van der Waals surface area contributed by atoms with Crippen molar-refractivity contribution in [1.82, 2.24) is 10.2 Å². The fourth-order valence-electron chi connectivity index (χ4n) is 2.94. The highest BCUT2D eigenvalue weighted by Gasteiger charge is 2.29. The molecule has 1 aromatic heterocycles. The zero-order valence-corrected chi connectivity index (χ0v) is 20.9. The zero-order valence-electron chi connectivity index (χ0n) is 19.3. The number of halogens is 3. The summed E-state index contributed by atoms with van der Waals surface area (Å²) in [7, 11) is 0. The maximum atomic E-state index is 12.9. The molecule has 1 N–H and O–H groups in total. The summed E-state index contributed by atoms with van der Waals surface area (Å²) in [6.45, 7) is 6.67. The number of benzene rings is 2. The molecule has 0 aliphatic rings. The van der Waals surface area contributed by atoms with Crippen molar-refractivity contribution >= 4 is 34.1 Å². The van der Waals surface area contributed by atoms with Crippen molar-refractivity contribution in [2.45, 2.75) is 37.0 Å². The first-order chi connectivity index (χ1) is 16.7. The van der Waals surface area contributed by atoms with Crippen LogP contribution in [0.1, 0.15) is 42.3 Å². The summed E-state index contributed by atoms with van der Waals surface area (Å²) < 4.78 is 55.6. The van der Waals surface area contributed by atoms with Crippen molar-refractivity contribution in [2.24, 2.45) is 0 Å². The molecule has 3 aromatic rings. The van der Waals surface area contributed by atoms with Crippen LogP contribution in [0.3, 0.4) is 0 Å².